The zero-order valence-corrected chi connectivity index (χ0v) is 15.4. The van der Waals surface area contributed by atoms with Crippen molar-refractivity contribution >= 4 is 27.2 Å². The molecule has 0 N–H and O–H groups in total. The molecule has 3 aromatic rings. The van der Waals surface area contributed by atoms with Crippen molar-refractivity contribution in [3.8, 4) is 0 Å². The molecule has 0 aliphatic carbocycles. The Morgan fingerprint density at radius 3 is 2.60 bits per heavy atom. The molecule has 0 bridgehead atoms. The van der Waals surface area contributed by atoms with Crippen LogP contribution in [0.4, 0.5) is 5.69 Å². The summed E-state index contributed by atoms with van der Waals surface area (Å²) in [6.45, 7) is 7.64. The van der Waals surface area contributed by atoms with Gasteiger partial charge in [0.25, 0.3) is 5.56 Å². The summed E-state index contributed by atoms with van der Waals surface area (Å²) >= 11 is 1.46. The molecule has 1 aromatic carbocycles. The fourth-order valence-electron chi connectivity index (χ4n) is 2.68. The lowest BCUT2D eigenvalue weighted by Gasteiger charge is -2.18. The fourth-order valence-corrected chi connectivity index (χ4v) is 3.67. The molecule has 6 heteroatoms. The molecule has 0 atom stereocenters. The third kappa shape index (κ3) is 4.03. The Balaban J connectivity index is 2.14. The van der Waals surface area contributed by atoms with Crippen LogP contribution in [0.25, 0.3) is 10.2 Å². The number of rotatable bonds is 6. The highest BCUT2D eigenvalue weighted by atomic mass is 32.1. The van der Waals surface area contributed by atoms with E-state index in [1.165, 1.54) is 11.3 Å². The van der Waals surface area contributed by atoms with E-state index in [9.17, 15) is 4.79 Å². The SMILES string of the molecule is CCN(CC)CCn1c(=O)c2cccnc2s/c1=N\c1ccccc1. The molecule has 0 aliphatic rings. The lowest BCUT2D eigenvalue weighted by Crippen LogP contribution is -2.37. The van der Waals surface area contributed by atoms with Crippen molar-refractivity contribution in [1.29, 1.82) is 0 Å². The van der Waals surface area contributed by atoms with Gasteiger partial charge in [0.2, 0.25) is 0 Å². The summed E-state index contributed by atoms with van der Waals surface area (Å²) in [6, 6.07) is 13.4. The largest absolute Gasteiger partial charge is 0.302 e. The van der Waals surface area contributed by atoms with Crippen molar-refractivity contribution < 1.29 is 0 Å². The molecule has 0 aliphatic heterocycles. The predicted molar refractivity (Wildman–Crippen MR) is 103 cm³/mol. The molecule has 130 valence electrons. The van der Waals surface area contributed by atoms with E-state index in [0.717, 1.165) is 30.2 Å². The van der Waals surface area contributed by atoms with Gasteiger partial charge in [-0.1, -0.05) is 43.4 Å². The number of para-hydroxylation sites is 1. The van der Waals surface area contributed by atoms with Crippen molar-refractivity contribution in [3.05, 3.63) is 63.8 Å². The van der Waals surface area contributed by atoms with Gasteiger partial charge in [-0.3, -0.25) is 9.36 Å². The molecule has 0 radical (unpaired) electrons. The van der Waals surface area contributed by atoms with E-state index < -0.39 is 0 Å². The van der Waals surface area contributed by atoms with Crippen LogP contribution in [0.2, 0.25) is 0 Å². The standard InChI is InChI=1S/C19H22N4OS/c1-3-22(4-2)13-14-23-18(24)16-11-8-12-20-17(16)25-19(23)21-15-9-6-5-7-10-15/h5-12H,3-4,13-14H2,1-2H3/b21-19-. The summed E-state index contributed by atoms with van der Waals surface area (Å²) in [6.07, 6.45) is 1.71. The van der Waals surface area contributed by atoms with Crippen molar-refractivity contribution in [2.24, 2.45) is 4.99 Å². The van der Waals surface area contributed by atoms with Gasteiger partial charge in [-0.25, -0.2) is 9.98 Å². The third-order valence-electron chi connectivity index (χ3n) is 4.18. The number of hydrogen-bond donors (Lipinski definition) is 0. The quantitative estimate of drug-likeness (QED) is 0.684. The molecule has 2 aromatic heterocycles. The zero-order chi connectivity index (χ0) is 17.6. The van der Waals surface area contributed by atoms with Crippen molar-refractivity contribution in [1.82, 2.24) is 14.5 Å². The van der Waals surface area contributed by atoms with Gasteiger partial charge in [0.1, 0.15) is 4.83 Å². The van der Waals surface area contributed by atoms with Gasteiger partial charge in [-0.2, -0.15) is 0 Å². The van der Waals surface area contributed by atoms with E-state index >= 15 is 0 Å². The van der Waals surface area contributed by atoms with Crippen LogP contribution in [0.1, 0.15) is 13.8 Å². The Bertz CT molecular complexity index is 958. The lowest BCUT2D eigenvalue weighted by atomic mass is 10.3. The van der Waals surface area contributed by atoms with Crippen LogP contribution in [-0.2, 0) is 6.54 Å². The molecule has 0 saturated carbocycles. The first kappa shape index (κ1) is 17.5. The smallest absolute Gasteiger partial charge is 0.263 e. The number of fused-ring (bicyclic) bond motifs is 1. The second-order valence-corrected chi connectivity index (χ2v) is 6.63. The summed E-state index contributed by atoms with van der Waals surface area (Å²) in [5.74, 6) is 0. The lowest BCUT2D eigenvalue weighted by molar-refractivity contribution is 0.288. The van der Waals surface area contributed by atoms with E-state index in [4.69, 9.17) is 4.99 Å². The Morgan fingerprint density at radius 1 is 1.12 bits per heavy atom. The van der Waals surface area contributed by atoms with Gasteiger partial charge in [0.15, 0.2) is 4.80 Å². The minimum atomic E-state index is -0.0244. The molecule has 0 fully saturated rings. The molecule has 2 heterocycles. The van der Waals surface area contributed by atoms with Gasteiger partial charge < -0.3 is 4.90 Å². The summed E-state index contributed by atoms with van der Waals surface area (Å²) in [5, 5.41) is 0.652. The second-order valence-electron chi connectivity index (χ2n) is 5.67. The molecule has 0 spiro atoms. The van der Waals surface area contributed by atoms with Gasteiger partial charge in [0.05, 0.1) is 11.1 Å². The maximum atomic E-state index is 13.0. The molecular weight excluding hydrogens is 332 g/mol. The van der Waals surface area contributed by atoms with E-state index in [1.807, 2.05) is 36.4 Å². The highest BCUT2D eigenvalue weighted by Crippen LogP contribution is 2.11. The Hall–Kier alpha value is -2.31. The van der Waals surface area contributed by atoms with Crippen molar-refractivity contribution in [2.45, 2.75) is 20.4 Å². The first-order valence-electron chi connectivity index (χ1n) is 8.53. The van der Waals surface area contributed by atoms with Crippen molar-refractivity contribution in [3.63, 3.8) is 0 Å². The Labute approximate surface area is 150 Å². The summed E-state index contributed by atoms with van der Waals surface area (Å²) < 4.78 is 1.78. The zero-order valence-electron chi connectivity index (χ0n) is 14.6. The normalized spacial score (nSPS) is 12.2. The highest BCUT2D eigenvalue weighted by Gasteiger charge is 2.09. The average Bonchev–Trinajstić information content (AvgIpc) is 2.65. The molecular formula is C19H22N4OS. The number of pyridine rings is 1. The minimum Gasteiger partial charge on any atom is -0.302 e. The molecule has 25 heavy (non-hydrogen) atoms. The average molecular weight is 354 g/mol. The van der Waals surface area contributed by atoms with Crippen LogP contribution in [0, 0.1) is 0 Å². The summed E-state index contributed by atoms with van der Waals surface area (Å²) in [4.78, 5) is 25.7. The van der Waals surface area contributed by atoms with Crippen LogP contribution in [0.3, 0.4) is 0 Å². The molecule has 0 unspecified atom stereocenters. The van der Waals surface area contributed by atoms with Crippen LogP contribution >= 0.6 is 11.3 Å². The topological polar surface area (TPSA) is 50.5 Å². The van der Waals surface area contributed by atoms with Crippen LogP contribution in [0.15, 0.2) is 58.4 Å². The van der Waals surface area contributed by atoms with Gasteiger partial charge in [-0.05, 0) is 37.4 Å². The molecule has 5 nitrogen and oxygen atoms in total. The van der Waals surface area contributed by atoms with Gasteiger partial charge in [0, 0.05) is 19.3 Å². The van der Waals surface area contributed by atoms with E-state index in [2.05, 4.69) is 23.7 Å². The summed E-state index contributed by atoms with van der Waals surface area (Å²) in [7, 11) is 0. The van der Waals surface area contributed by atoms with E-state index in [1.54, 1.807) is 16.8 Å². The predicted octanol–water partition coefficient (Wildman–Crippen LogP) is 3.03. The second kappa shape index (κ2) is 8.18. The Morgan fingerprint density at radius 2 is 1.88 bits per heavy atom. The maximum absolute atomic E-state index is 13.0. The van der Waals surface area contributed by atoms with Crippen LogP contribution in [-0.4, -0.2) is 34.1 Å². The number of benzene rings is 1. The number of hydrogen-bond acceptors (Lipinski definition) is 5. The fraction of sp³-hybridized carbons (Fsp3) is 0.316. The number of nitrogens with zero attached hydrogens (tertiary/aromatic N) is 4. The maximum Gasteiger partial charge on any atom is 0.263 e. The number of aromatic nitrogens is 2. The van der Waals surface area contributed by atoms with Crippen molar-refractivity contribution in [2.75, 3.05) is 19.6 Å². The van der Waals surface area contributed by atoms with Crippen LogP contribution < -0.4 is 10.4 Å². The van der Waals surface area contributed by atoms with E-state index in [-0.39, 0.29) is 5.56 Å². The van der Waals surface area contributed by atoms with Gasteiger partial charge >= 0.3 is 0 Å². The number of likely N-dealkylation sites (N-methyl/N-ethyl adjacent to an activating group) is 1. The van der Waals surface area contributed by atoms with E-state index in [0.29, 0.717) is 16.7 Å². The highest BCUT2D eigenvalue weighted by molar-refractivity contribution is 7.15. The first-order valence-corrected chi connectivity index (χ1v) is 9.35. The Kier molecular flexibility index (Phi) is 5.73. The van der Waals surface area contributed by atoms with Gasteiger partial charge in [-0.15, -0.1) is 0 Å². The molecule has 3 rings (SSSR count). The summed E-state index contributed by atoms with van der Waals surface area (Å²) in [5.41, 5.74) is 0.814. The minimum absolute atomic E-state index is 0.0244. The first-order chi connectivity index (χ1) is 12.2. The molecule has 0 saturated heterocycles. The third-order valence-corrected chi connectivity index (χ3v) is 5.19. The molecule has 0 amide bonds. The monoisotopic (exact) mass is 354 g/mol. The van der Waals surface area contributed by atoms with Crippen LogP contribution in [0.5, 0.6) is 0 Å².